The van der Waals surface area contributed by atoms with Gasteiger partial charge < -0.3 is 22.1 Å². The first-order valence-electron chi connectivity index (χ1n) is 11.5. The number of carbonyl (C=O) groups excluding carboxylic acids is 1. The van der Waals surface area contributed by atoms with Gasteiger partial charge in [0.05, 0.1) is 11.2 Å². The van der Waals surface area contributed by atoms with Gasteiger partial charge in [0.2, 0.25) is 0 Å². The average molecular weight is 479 g/mol. The molecule has 180 valence electrons. The van der Waals surface area contributed by atoms with Gasteiger partial charge in [-0.2, -0.15) is 0 Å². The molecule has 0 saturated carbocycles. The molecular formula is C27H26N8O. The van der Waals surface area contributed by atoms with Crippen molar-refractivity contribution in [3.63, 3.8) is 0 Å². The number of amides is 1. The van der Waals surface area contributed by atoms with E-state index >= 15 is 0 Å². The van der Waals surface area contributed by atoms with Crippen molar-refractivity contribution < 1.29 is 4.79 Å². The molecule has 0 fully saturated rings. The first kappa shape index (κ1) is 23.0. The molecule has 3 heterocycles. The van der Waals surface area contributed by atoms with Crippen LogP contribution in [0.3, 0.4) is 0 Å². The van der Waals surface area contributed by atoms with E-state index in [4.69, 9.17) is 11.5 Å². The van der Waals surface area contributed by atoms with Crippen LogP contribution in [-0.4, -0.2) is 26.1 Å². The highest BCUT2D eigenvalue weighted by molar-refractivity contribution is 5.97. The molecule has 5 rings (SSSR count). The minimum atomic E-state index is -0.647. The van der Waals surface area contributed by atoms with Crippen LogP contribution < -0.4 is 22.1 Å². The number of benzene rings is 2. The molecule has 36 heavy (non-hydrogen) atoms. The molecule has 0 bridgehead atoms. The molecule has 0 aliphatic heterocycles. The van der Waals surface area contributed by atoms with Gasteiger partial charge in [0, 0.05) is 42.3 Å². The maximum absolute atomic E-state index is 12.0. The molecule has 9 nitrogen and oxygen atoms in total. The van der Waals surface area contributed by atoms with E-state index in [1.165, 1.54) is 0 Å². The van der Waals surface area contributed by atoms with E-state index in [1.54, 1.807) is 18.5 Å². The molecule has 0 aliphatic carbocycles. The van der Waals surface area contributed by atoms with Crippen LogP contribution in [0, 0.1) is 13.8 Å². The van der Waals surface area contributed by atoms with E-state index in [-0.39, 0.29) is 5.69 Å². The topological polar surface area (TPSA) is 145 Å². The summed E-state index contributed by atoms with van der Waals surface area (Å²) >= 11 is 0. The van der Waals surface area contributed by atoms with Gasteiger partial charge in [0.1, 0.15) is 5.82 Å². The SMILES string of the molecule is Cc1cc2c(N)nccc2c(C)c1CNc1cc(NCc2ccc3ncccc3c2)c(C(N)=O)nn1. The number of fused-ring (bicyclic) bond motifs is 2. The molecule has 0 unspecified atom stereocenters. The van der Waals surface area contributed by atoms with Crippen molar-refractivity contribution >= 4 is 44.9 Å². The fourth-order valence-electron chi connectivity index (χ4n) is 4.41. The van der Waals surface area contributed by atoms with Crippen LogP contribution >= 0.6 is 0 Å². The lowest BCUT2D eigenvalue weighted by Gasteiger charge is -2.16. The molecule has 6 N–H and O–H groups in total. The van der Waals surface area contributed by atoms with Crippen molar-refractivity contribution in [1.29, 1.82) is 0 Å². The fourth-order valence-corrected chi connectivity index (χ4v) is 4.41. The largest absolute Gasteiger partial charge is 0.383 e. The monoisotopic (exact) mass is 478 g/mol. The Balaban J connectivity index is 1.38. The Bertz CT molecular complexity index is 1620. The van der Waals surface area contributed by atoms with Gasteiger partial charge in [-0.05, 0) is 71.8 Å². The van der Waals surface area contributed by atoms with Crippen molar-refractivity contribution in [2.45, 2.75) is 26.9 Å². The first-order chi connectivity index (χ1) is 17.4. The third-order valence-corrected chi connectivity index (χ3v) is 6.34. The summed E-state index contributed by atoms with van der Waals surface area (Å²) < 4.78 is 0. The van der Waals surface area contributed by atoms with Gasteiger partial charge in [-0.3, -0.25) is 9.78 Å². The molecule has 5 aromatic rings. The Hall–Kier alpha value is -4.79. The molecule has 0 radical (unpaired) electrons. The summed E-state index contributed by atoms with van der Waals surface area (Å²) in [5.74, 6) is 0.398. The second-order valence-electron chi connectivity index (χ2n) is 8.68. The molecule has 0 saturated heterocycles. The van der Waals surface area contributed by atoms with Gasteiger partial charge in [-0.25, -0.2) is 4.98 Å². The van der Waals surface area contributed by atoms with E-state index in [9.17, 15) is 4.79 Å². The number of nitrogens with zero attached hydrogens (tertiary/aromatic N) is 4. The van der Waals surface area contributed by atoms with Crippen LogP contribution in [0.5, 0.6) is 0 Å². The second kappa shape index (κ2) is 9.46. The first-order valence-corrected chi connectivity index (χ1v) is 11.5. The molecule has 0 atom stereocenters. The number of nitrogens with two attached hydrogens (primary N) is 2. The number of hydrogen-bond donors (Lipinski definition) is 4. The molecule has 9 heteroatoms. The minimum absolute atomic E-state index is 0.0871. The summed E-state index contributed by atoms with van der Waals surface area (Å²) in [6.07, 6.45) is 3.49. The summed E-state index contributed by atoms with van der Waals surface area (Å²) in [4.78, 5) is 20.5. The molecule has 1 amide bonds. The number of primary amides is 1. The van der Waals surface area contributed by atoms with E-state index < -0.39 is 5.91 Å². The lowest BCUT2D eigenvalue weighted by molar-refractivity contribution is 0.0995. The highest BCUT2D eigenvalue weighted by Gasteiger charge is 2.14. The van der Waals surface area contributed by atoms with Crippen LogP contribution in [0.1, 0.15) is 32.7 Å². The summed E-state index contributed by atoms with van der Waals surface area (Å²) in [5, 5.41) is 17.9. The number of nitrogen functional groups attached to an aromatic ring is 1. The molecule has 0 aliphatic rings. The number of carbonyl (C=O) groups is 1. The van der Waals surface area contributed by atoms with Crippen molar-refractivity contribution in [2.24, 2.45) is 5.73 Å². The lowest BCUT2D eigenvalue weighted by atomic mass is 9.96. The Morgan fingerprint density at radius 3 is 2.61 bits per heavy atom. The smallest absolute Gasteiger partial charge is 0.271 e. The zero-order valence-electron chi connectivity index (χ0n) is 20.0. The Morgan fingerprint density at radius 1 is 0.917 bits per heavy atom. The number of aryl methyl sites for hydroxylation is 2. The predicted molar refractivity (Wildman–Crippen MR) is 143 cm³/mol. The second-order valence-corrected chi connectivity index (χ2v) is 8.68. The number of pyridine rings is 2. The zero-order chi connectivity index (χ0) is 25.2. The third-order valence-electron chi connectivity index (χ3n) is 6.34. The Morgan fingerprint density at radius 2 is 1.78 bits per heavy atom. The van der Waals surface area contributed by atoms with Gasteiger partial charge >= 0.3 is 0 Å². The van der Waals surface area contributed by atoms with Crippen LogP contribution in [0.2, 0.25) is 0 Å². The Kier molecular flexibility index (Phi) is 6.03. The molecule has 3 aromatic heterocycles. The molecular weight excluding hydrogens is 452 g/mol. The van der Waals surface area contributed by atoms with Gasteiger partial charge in [-0.15, -0.1) is 10.2 Å². The van der Waals surface area contributed by atoms with E-state index in [2.05, 4.69) is 49.9 Å². The average Bonchev–Trinajstić information content (AvgIpc) is 2.88. The molecule has 2 aromatic carbocycles. The normalized spacial score (nSPS) is 11.1. The highest BCUT2D eigenvalue weighted by Crippen LogP contribution is 2.28. The summed E-state index contributed by atoms with van der Waals surface area (Å²) in [6, 6.07) is 15.7. The van der Waals surface area contributed by atoms with E-state index in [1.807, 2.05) is 37.3 Å². The maximum atomic E-state index is 12.0. The third kappa shape index (κ3) is 4.46. The van der Waals surface area contributed by atoms with Crippen LogP contribution in [0.4, 0.5) is 17.3 Å². The zero-order valence-corrected chi connectivity index (χ0v) is 20.0. The lowest BCUT2D eigenvalue weighted by Crippen LogP contribution is -2.18. The van der Waals surface area contributed by atoms with Gasteiger partial charge in [-0.1, -0.05) is 12.1 Å². The Labute approximate surface area is 208 Å². The minimum Gasteiger partial charge on any atom is -0.383 e. The predicted octanol–water partition coefficient (Wildman–Crippen LogP) is 4.10. The van der Waals surface area contributed by atoms with Crippen LogP contribution in [0.25, 0.3) is 21.7 Å². The van der Waals surface area contributed by atoms with E-state index in [0.29, 0.717) is 30.4 Å². The van der Waals surface area contributed by atoms with Crippen molar-refractivity contribution in [3.05, 3.63) is 88.9 Å². The maximum Gasteiger partial charge on any atom is 0.271 e. The molecule has 0 spiro atoms. The number of aromatic nitrogens is 4. The standard InChI is InChI=1S/C27H26N8O/c1-15-10-20-19(7-9-31-26(20)28)16(2)21(15)14-33-24-12-23(25(27(29)36)35-34-24)32-13-17-5-6-22-18(11-17)4-3-8-30-22/h3-12H,13-14H2,1-2H3,(H2,28,31)(H2,29,36)(H2,32,33,34). The van der Waals surface area contributed by atoms with Crippen LogP contribution in [-0.2, 0) is 13.1 Å². The number of anilines is 3. The van der Waals surface area contributed by atoms with Gasteiger partial charge in [0.25, 0.3) is 5.91 Å². The van der Waals surface area contributed by atoms with Crippen molar-refractivity contribution in [3.8, 4) is 0 Å². The highest BCUT2D eigenvalue weighted by atomic mass is 16.1. The summed E-state index contributed by atoms with van der Waals surface area (Å²) in [5.41, 5.74) is 17.5. The summed E-state index contributed by atoms with van der Waals surface area (Å²) in [7, 11) is 0. The number of rotatable bonds is 7. The quantitative estimate of drug-likeness (QED) is 0.274. The van der Waals surface area contributed by atoms with Crippen LogP contribution in [0.15, 0.2) is 60.9 Å². The van der Waals surface area contributed by atoms with Crippen molar-refractivity contribution in [1.82, 2.24) is 20.2 Å². The number of hydrogen-bond acceptors (Lipinski definition) is 8. The van der Waals surface area contributed by atoms with E-state index in [0.717, 1.165) is 43.9 Å². The fraction of sp³-hybridized carbons (Fsp3) is 0.148. The van der Waals surface area contributed by atoms with Gasteiger partial charge in [0.15, 0.2) is 11.5 Å². The van der Waals surface area contributed by atoms with Crippen molar-refractivity contribution in [2.75, 3.05) is 16.4 Å². The number of nitrogens with one attached hydrogen (secondary N) is 2. The summed E-state index contributed by atoms with van der Waals surface area (Å²) in [6.45, 7) is 5.12.